The summed E-state index contributed by atoms with van der Waals surface area (Å²) in [4.78, 5) is 39.7. The number of aliphatic hydroxyl groups excluding tert-OH is 1. The number of aliphatic hydroxyl groups is 1. The van der Waals surface area contributed by atoms with Gasteiger partial charge in [-0.3, -0.25) is 14.5 Å². The molecule has 7 rings (SSSR count). The van der Waals surface area contributed by atoms with Crippen molar-refractivity contribution in [2.45, 2.75) is 62.3 Å². The predicted molar refractivity (Wildman–Crippen MR) is 194 cm³/mol. The number of rotatable bonds is 12. The maximum atomic E-state index is 13.2. The van der Waals surface area contributed by atoms with Gasteiger partial charge in [0.2, 0.25) is 11.1 Å². The number of benzene rings is 4. The maximum Gasteiger partial charge on any atom is 0.408 e. The molecular weight excluding hydrogens is 697 g/mol. The fourth-order valence-corrected chi connectivity index (χ4v) is 7.17. The van der Waals surface area contributed by atoms with Crippen molar-refractivity contribution in [1.82, 2.24) is 30.4 Å². The van der Waals surface area contributed by atoms with Crippen LogP contribution in [-0.4, -0.2) is 66.0 Å². The van der Waals surface area contributed by atoms with Crippen molar-refractivity contribution in [3.05, 3.63) is 131 Å². The van der Waals surface area contributed by atoms with Crippen molar-refractivity contribution in [3.63, 3.8) is 0 Å². The standard InChI is InChI=1S/C39H38N6O7S/c1-44-38(41-42-43-44)53-24-32-19-34(28-15-13-25(22-46)14-16-28)52-37(51-32)31-12-6-11-30(18-31)29-10-5-9-27(17-29)21-45-35(47)20-33(36(45)48)40-39(49)50-23-26-7-3-2-4-8-26/h2-18,32-34,37,46H,19-24H2,1H3,(H,40,49). The zero-order chi connectivity index (χ0) is 36.7. The van der Waals surface area contributed by atoms with E-state index in [4.69, 9.17) is 14.2 Å². The number of nitrogens with one attached hydrogen (secondary N) is 1. The van der Waals surface area contributed by atoms with Gasteiger partial charge in [-0.2, -0.15) is 0 Å². The highest BCUT2D eigenvalue weighted by molar-refractivity contribution is 7.99. The van der Waals surface area contributed by atoms with E-state index in [0.29, 0.717) is 17.3 Å². The molecule has 2 saturated heterocycles. The lowest BCUT2D eigenvalue weighted by atomic mass is 9.99. The van der Waals surface area contributed by atoms with E-state index in [2.05, 4.69) is 20.8 Å². The number of ether oxygens (including phenoxy) is 3. The molecule has 53 heavy (non-hydrogen) atoms. The Bertz CT molecular complexity index is 2060. The van der Waals surface area contributed by atoms with Crippen molar-refractivity contribution in [3.8, 4) is 11.1 Å². The van der Waals surface area contributed by atoms with Crippen LogP contribution in [0.3, 0.4) is 0 Å². The molecule has 14 heteroatoms. The smallest absolute Gasteiger partial charge is 0.408 e. The average molecular weight is 735 g/mol. The van der Waals surface area contributed by atoms with Gasteiger partial charge in [0.1, 0.15) is 12.6 Å². The second-order valence-corrected chi connectivity index (χ2v) is 13.8. The lowest BCUT2D eigenvalue weighted by molar-refractivity contribution is -0.245. The second kappa shape index (κ2) is 16.5. The van der Waals surface area contributed by atoms with Crippen LogP contribution in [0.1, 0.15) is 53.1 Å². The molecule has 3 amide bonds. The van der Waals surface area contributed by atoms with Gasteiger partial charge in [0.15, 0.2) is 6.29 Å². The average Bonchev–Trinajstić information content (AvgIpc) is 3.73. The Balaban J connectivity index is 1.03. The molecule has 2 N–H and O–H groups in total. The monoisotopic (exact) mass is 734 g/mol. The molecule has 0 saturated carbocycles. The molecule has 0 spiro atoms. The van der Waals surface area contributed by atoms with Crippen LogP contribution in [0, 0.1) is 0 Å². The third-order valence-corrected chi connectivity index (χ3v) is 10.2. The Labute approximate surface area is 310 Å². The van der Waals surface area contributed by atoms with E-state index in [1.54, 1.807) is 11.7 Å². The van der Waals surface area contributed by atoms with Crippen LogP contribution < -0.4 is 5.32 Å². The molecule has 5 aromatic rings. The molecule has 13 nitrogen and oxygen atoms in total. The fourth-order valence-electron chi connectivity index (χ4n) is 6.30. The number of carbonyl (C=O) groups is 3. The summed E-state index contributed by atoms with van der Waals surface area (Å²) in [5.41, 5.74) is 6.00. The first-order valence-electron chi connectivity index (χ1n) is 17.2. The highest BCUT2D eigenvalue weighted by atomic mass is 32.2. The number of likely N-dealkylation sites (tertiary alicyclic amines) is 1. The van der Waals surface area contributed by atoms with E-state index < -0.39 is 24.3 Å². The van der Waals surface area contributed by atoms with Crippen LogP contribution in [0.2, 0.25) is 0 Å². The number of tetrazole rings is 1. The van der Waals surface area contributed by atoms with Crippen LogP contribution in [0.4, 0.5) is 4.79 Å². The summed E-state index contributed by atoms with van der Waals surface area (Å²) in [5, 5.41) is 24.5. The normalized spacial score (nSPS) is 20.1. The Morgan fingerprint density at radius 1 is 0.906 bits per heavy atom. The lowest BCUT2D eigenvalue weighted by Crippen LogP contribution is -2.41. The number of amides is 3. The van der Waals surface area contributed by atoms with Gasteiger partial charge in [-0.1, -0.05) is 103 Å². The van der Waals surface area contributed by atoms with Crippen LogP contribution in [0.25, 0.3) is 11.1 Å². The van der Waals surface area contributed by atoms with Gasteiger partial charge in [0, 0.05) is 24.8 Å². The zero-order valence-corrected chi connectivity index (χ0v) is 29.7. The highest BCUT2D eigenvalue weighted by Gasteiger charge is 2.40. The molecule has 2 fully saturated rings. The Morgan fingerprint density at radius 2 is 1.66 bits per heavy atom. The predicted octanol–water partition coefficient (Wildman–Crippen LogP) is 5.26. The number of carbonyl (C=O) groups excluding carboxylic acids is 3. The minimum atomic E-state index is -0.989. The molecule has 4 aromatic carbocycles. The molecule has 0 bridgehead atoms. The van der Waals surface area contributed by atoms with Gasteiger partial charge < -0.3 is 24.6 Å². The highest BCUT2D eigenvalue weighted by Crippen LogP contribution is 2.40. The number of alkyl carbamates (subject to hydrolysis) is 1. The number of thioether (sulfide) groups is 1. The molecule has 4 unspecified atom stereocenters. The first kappa shape index (κ1) is 36.0. The van der Waals surface area contributed by atoms with Crippen LogP contribution in [0.15, 0.2) is 108 Å². The number of imide groups is 1. The molecule has 272 valence electrons. The number of aryl methyl sites for hydroxylation is 1. The molecule has 2 aliphatic rings. The van der Waals surface area contributed by atoms with Crippen molar-refractivity contribution in [2.24, 2.45) is 7.05 Å². The summed E-state index contributed by atoms with van der Waals surface area (Å²) in [5.74, 6) is -0.235. The molecule has 4 atom stereocenters. The van der Waals surface area contributed by atoms with E-state index in [-0.39, 0.29) is 44.3 Å². The van der Waals surface area contributed by atoms with E-state index in [0.717, 1.165) is 38.9 Å². The zero-order valence-electron chi connectivity index (χ0n) is 28.9. The fraction of sp³-hybridized carbons (Fsp3) is 0.282. The summed E-state index contributed by atoms with van der Waals surface area (Å²) in [7, 11) is 1.80. The van der Waals surface area contributed by atoms with E-state index in [1.807, 2.05) is 103 Å². The Hall–Kier alpha value is -5.41. The minimum Gasteiger partial charge on any atom is -0.445 e. The Kier molecular flexibility index (Phi) is 11.2. The van der Waals surface area contributed by atoms with E-state index in [9.17, 15) is 19.5 Å². The second-order valence-electron chi connectivity index (χ2n) is 12.9. The summed E-state index contributed by atoms with van der Waals surface area (Å²) < 4.78 is 20.0. The van der Waals surface area contributed by atoms with Crippen molar-refractivity contribution in [2.75, 3.05) is 5.75 Å². The van der Waals surface area contributed by atoms with Gasteiger partial charge in [0.25, 0.3) is 5.91 Å². The summed E-state index contributed by atoms with van der Waals surface area (Å²) in [6, 6.07) is 31.5. The molecule has 1 aromatic heterocycles. The third kappa shape index (κ3) is 8.80. The van der Waals surface area contributed by atoms with Crippen molar-refractivity contribution in [1.29, 1.82) is 0 Å². The van der Waals surface area contributed by atoms with Gasteiger partial charge in [-0.25, -0.2) is 9.48 Å². The van der Waals surface area contributed by atoms with E-state index >= 15 is 0 Å². The number of nitrogens with zero attached hydrogens (tertiary/aromatic N) is 5. The quantitative estimate of drug-likeness (QED) is 0.127. The third-order valence-electron chi connectivity index (χ3n) is 9.10. The van der Waals surface area contributed by atoms with Gasteiger partial charge in [0.05, 0.1) is 31.8 Å². The molecule has 2 aliphatic heterocycles. The lowest BCUT2D eigenvalue weighted by Gasteiger charge is -2.36. The largest absolute Gasteiger partial charge is 0.445 e. The minimum absolute atomic E-state index is 0.0368. The maximum absolute atomic E-state index is 13.2. The molecule has 0 radical (unpaired) electrons. The molecule has 3 heterocycles. The first-order valence-corrected chi connectivity index (χ1v) is 18.2. The van der Waals surface area contributed by atoms with Crippen LogP contribution in [0.5, 0.6) is 0 Å². The van der Waals surface area contributed by atoms with Crippen LogP contribution >= 0.6 is 11.8 Å². The van der Waals surface area contributed by atoms with Gasteiger partial charge in [-0.05, 0) is 55.9 Å². The van der Waals surface area contributed by atoms with Gasteiger partial charge >= 0.3 is 6.09 Å². The summed E-state index contributed by atoms with van der Waals surface area (Å²) >= 11 is 1.51. The molecular formula is C39H38N6O7S. The SMILES string of the molecule is Cn1nnnc1SCC1CC(c2ccc(CO)cc2)OC(c2cccc(-c3cccc(CN4C(=O)CC(NC(=O)OCc5ccccc5)C4=O)c3)c2)O1. The molecule has 0 aliphatic carbocycles. The first-order chi connectivity index (χ1) is 25.8. The summed E-state index contributed by atoms with van der Waals surface area (Å²) in [6.45, 7) is 0.0821. The van der Waals surface area contributed by atoms with Crippen molar-refractivity contribution >= 4 is 29.7 Å². The van der Waals surface area contributed by atoms with Crippen LogP contribution in [-0.2, 0) is 50.6 Å². The Morgan fingerprint density at radius 3 is 2.42 bits per heavy atom. The van der Waals surface area contributed by atoms with Gasteiger partial charge in [-0.15, -0.1) is 5.10 Å². The van der Waals surface area contributed by atoms with Crippen molar-refractivity contribution < 1.29 is 33.7 Å². The number of hydrogen-bond donors (Lipinski definition) is 2. The topological polar surface area (TPSA) is 158 Å². The number of hydrogen-bond acceptors (Lipinski definition) is 11. The summed E-state index contributed by atoms with van der Waals surface area (Å²) in [6.07, 6.45) is -1.37. The number of aromatic nitrogens is 4. The van der Waals surface area contributed by atoms with E-state index in [1.165, 1.54) is 16.7 Å².